The van der Waals surface area contributed by atoms with Crippen LogP contribution in [0.3, 0.4) is 0 Å². The minimum Gasteiger partial charge on any atom is -0.396 e. The number of rotatable bonds is 5. The van der Waals surface area contributed by atoms with Gasteiger partial charge in [-0.2, -0.15) is 0 Å². The van der Waals surface area contributed by atoms with E-state index < -0.39 is 26.4 Å². The molecular formula is C17H17Cl2NO3S. The van der Waals surface area contributed by atoms with Gasteiger partial charge in [-0.1, -0.05) is 35.3 Å². The molecule has 2 aromatic carbocycles. The van der Waals surface area contributed by atoms with E-state index in [1.807, 2.05) is 6.07 Å². The SMILES string of the molecule is NC[C@@]1(CO)[C@@H](c2cccc(Cl)c2)[C@@H]1S(=O)(=O)c1ccc(Cl)cc1. The summed E-state index contributed by atoms with van der Waals surface area (Å²) in [5.41, 5.74) is 5.72. The van der Waals surface area contributed by atoms with Crippen molar-refractivity contribution < 1.29 is 13.5 Å². The quantitative estimate of drug-likeness (QED) is 0.828. The Labute approximate surface area is 151 Å². The molecule has 1 fully saturated rings. The summed E-state index contributed by atoms with van der Waals surface area (Å²) in [6.45, 7) is -0.240. The molecule has 0 spiro atoms. The highest BCUT2D eigenvalue weighted by atomic mass is 35.5. The van der Waals surface area contributed by atoms with Crippen LogP contribution < -0.4 is 5.73 Å². The smallest absolute Gasteiger partial charge is 0.182 e. The Morgan fingerprint density at radius 3 is 2.29 bits per heavy atom. The monoisotopic (exact) mass is 385 g/mol. The van der Waals surface area contributed by atoms with Gasteiger partial charge in [0.05, 0.1) is 16.8 Å². The van der Waals surface area contributed by atoms with Crippen LogP contribution in [0.2, 0.25) is 10.0 Å². The average molecular weight is 386 g/mol. The van der Waals surface area contributed by atoms with Crippen LogP contribution in [0.25, 0.3) is 0 Å². The van der Waals surface area contributed by atoms with Crippen molar-refractivity contribution in [3.8, 4) is 0 Å². The Balaban J connectivity index is 2.06. The van der Waals surface area contributed by atoms with Crippen molar-refractivity contribution in [2.75, 3.05) is 13.2 Å². The van der Waals surface area contributed by atoms with Crippen molar-refractivity contribution in [3.05, 3.63) is 64.1 Å². The number of halogens is 2. The second-order valence-corrected chi connectivity index (χ2v) is 8.99. The molecule has 1 saturated carbocycles. The highest BCUT2D eigenvalue weighted by Crippen LogP contribution is 2.63. The Bertz CT molecular complexity index is 848. The number of aliphatic hydroxyl groups is 1. The number of benzene rings is 2. The van der Waals surface area contributed by atoms with Crippen LogP contribution >= 0.6 is 23.2 Å². The van der Waals surface area contributed by atoms with Crippen LogP contribution in [0.15, 0.2) is 53.4 Å². The van der Waals surface area contributed by atoms with Crippen molar-refractivity contribution in [1.29, 1.82) is 0 Å². The van der Waals surface area contributed by atoms with Gasteiger partial charge in [0.2, 0.25) is 0 Å². The second kappa shape index (κ2) is 6.32. The predicted molar refractivity (Wildman–Crippen MR) is 95.2 cm³/mol. The van der Waals surface area contributed by atoms with E-state index >= 15 is 0 Å². The fourth-order valence-corrected chi connectivity index (χ4v) is 6.19. The van der Waals surface area contributed by atoms with E-state index in [1.165, 1.54) is 24.3 Å². The molecular weight excluding hydrogens is 369 g/mol. The van der Waals surface area contributed by atoms with E-state index in [0.717, 1.165) is 5.56 Å². The third-order valence-electron chi connectivity index (χ3n) is 4.74. The molecule has 128 valence electrons. The van der Waals surface area contributed by atoms with Crippen molar-refractivity contribution in [2.24, 2.45) is 11.1 Å². The van der Waals surface area contributed by atoms with E-state index in [4.69, 9.17) is 28.9 Å². The Kier molecular flexibility index (Phi) is 4.66. The number of nitrogens with two attached hydrogens (primary N) is 1. The van der Waals surface area contributed by atoms with Crippen molar-refractivity contribution >= 4 is 33.0 Å². The van der Waals surface area contributed by atoms with Crippen LogP contribution in [0.4, 0.5) is 0 Å². The molecule has 3 N–H and O–H groups in total. The normalized spacial score (nSPS) is 26.3. The van der Waals surface area contributed by atoms with Crippen LogP contribution in [0.5, 0.6) is 0 Å². The molecule has 0 heterocycles. The summed E-state index contributed by atoms with van der Waals surface area (Å²) in [6.07, 6.45) is 0. The lowest BCUT2D eigenvalue weighted by Gasteiger charge is -2.12. The molecule has 4 nitrogen and oxygen atoms in total. The molecule has 0 amide bonds. The molecule has 0 aliphatic heterocycles. The first-order valence-electron chi connectivity index (χ1n) is 7.42. The maximum absolute atomic E-state index is 13.1. The van der Waals surface area contributed by atoms with Crippen molar-refractivity contribution in [3.63, 3.8) is 0 Å². The number of hydrogen-bond donors (Lipinski definition) is 2. The molecule has 0 unspecified atom stereocenters. The maximum atomic E-state index is 13.1. The van der Waals surface area contributed by atoms with Gasteiger partial charge in [0.1, 0.15) is 0 Å². The lowest BCUT2D eigenvalue weighted by atomic mass is 10.0. The first-order chi connectivity index (χ1) is 11.4. The molecule has 0 aromatic heterocycles. The van der Waals surface area contributed by atoms with Gasteiger partial charge in [-0.15, -0.1) is 0 Å². The zero-order valence-corrected chi connectivity index (χ0v) is 15.0. The van der Waals surface area contributed by atoms with Crippen LogP contribution in [0.1, 0.15) is 11.5 Å². The second-order valence-electron chi connectivity index (χ2n) is 6.05. The molecule has 7 heteroatoms. The maximum Gasteiger partial charge on any atom is 0.182 e. The van der Waals surface area contributed by atoms with E-state index in [9.17, 15) is 13.5 Å². The lowest BCUT2D eigenvalue weighted by molar-refractivity contribution is 0.212. The predicted octanol–water partition coefficient (Wildman–Crippen LogP) is 2.87. The summed E-state index contributed by atoms with van der Waals surface area (Å²) in [4.78, 5) is 0.174. The van der Waals surface area contributed by atoms with Crippen molar-refractivity contribution in [1.82, 2.24) is 0 Å². The molecule has 3 rings (SSSR count). The fraction of sp³-hybridized carbons (Fsp3) is 0.294. The van der Waals surface area contributed by atoms with E-state index in [0.29, 0.717) is 10.0 Å². The Morgan fingerprint density at radius 1 is 1.08 bits per heavy atom. The number of sulfone groups is 1. The van der Waals surface area contributed by atoms with Gasteiger partial charge < -0.3 is 10.8 Å². The lowest BCUT2D eigenvalue weighted by Crippen LogP contribution is -2.27. The zero-order valence-electron chi connectivity index (χ0n) is 12.7. The molecule has 0 saturated heterocycles. The minimum absolute atomic E-state index is 0.0676. The molecule has 1 aliphatic rings. The van der Waals surface area contributed by atoms with E-state index in [2.05, 4.69) is 0 Å². The molecule has 0 bridgehead atoms. The molecule has 3 atom stereocenters. The Morgan fingerprint density at radius 2 is 1.75 bits per heavy atom. The topological polar surface area (TPSA) is 80.4 Å². The van der Waals surface area contributed by atoms with Gasteiger partial charge in [-0.3, -0.25) is 0 Å². The largest absolute Gasteiger partial charge is 0.396 e. The van der Waals surface area contributed by atoms with Crippen LogP contribution in [-0.4, -0.2) is 31.9 Å². The summed E-state index contributed by atoms with van der Waals surface area (Å²) in [7, 11) is -3.67. The van der Waals surface area contributed by atoms with Crippen molar-refractivity contribution in [2.45, 2.75) is 16.1 Å². The summed E-state index contributed by atoms with van der Waals surface area (Å²) in [5.74, 6) is -0.396. The standard InChI is InChI=1S/C17H17Cl2NO3S/c18-12-4-6-14(7-5-12)24(22,23)16-15(17(16,9-20)10-21)11-2-1-3-13(19)8-11/h1-8,15-16,21H,9-10,20H2/t15-,16-,17+/m0/s1. The molecule has 24 heavy (non-hydrogen) atoms. The molecule has 2 aromatic rings. The molecule has 1 aliphatic carbocycles. The van der Waals surface area contributed by atoms with Gasteiger partial charge in [0.15, 0.2) is 9.84 Å². The summed E-state index contributed by atoms with van der Waals surface area (Å²) < 4.78 is 26.1. The van der Waals surface area contributed by atoms with Gasteiger partial charge in [-0.05, 0) is 42.0 Å². The van der Waals surface area contributed by atoms with Gasteiger partial charge in [0.25, 0.3) is 0 Å². The first kappa shape index (κ1) is 17.7. The first-order valence-corrected chi connectivity index (χ1v) is 9.73. The third-order valence-corrected chi connectivity index (χ3v) is 7.56. The fourth-order valence-electron chi connectivity index (χ4n) is 3.42. The highest BCUT2D eigenvalue weighted by molar-refractivity contribution is 7.92. The summed E-state index contributed by atoms with van der Waals surface area (Å²) in [6, 6.07) is 13.0. The number of aliphatic hydroxyl groups excluding tert-OH is 1. The van der Waals surface area contributed by atoms with Crippen LogP contribution in [-0.2, 0) is 9.84 Å². The van der Waals surface area contributed by atoms with E-state index in [-0.39, 0.29) is 18.0 Å². The molecule has 0 radical (unpaired) electrons. The Hall–Kier alpha value is -1.11. The number of hydrogen-bond acceptors (Lipinski definition) is 4. The summed E-state index contributed by atoms with van der Waals surface area (Å²) in [5, 5.41) is 10.1. The summed E-state index contributed by atoms with van der Waals surface area (Å²) >= 11 is 11.9. The minimum atomic E-state index is -3.67. The van der Waals surface area contributed by atoms with Gasteiger partial charge in [-0.25, -0.2) is 8.42 Å². The van der Waals surface area contributed by atoms with Crippen LogP contribution in [0, 0.1) is 5.41 Å². The van der Waals surface area contributed by atoms with Gasteiger partial charge >= 0.3 is 0 Å². The average Bonchev–Trinajstić information content (AvgIpc) is 3.26. The third kappa shape index (κ3) is 2.74. The highest BCUT2D eigenvalue weighted by Gasteiger charge is 2.70. The van der Waals surface area contributed by atoms with Gasteiger partial charge in [0, 0.05) is 27.9 Å². The van der Waals surface area contributed by atoms with E-state index in [1.54, 1.807) is 18.2 Å². The zero-order chi connectivity index (χ0) is 17.5.